The number of amides is 1. The van der Waals surface area contributed by atoms with E-state index >= 15 is 0 Å². The molecule has 3 heterocycles. The summed E-state index contributed by atoms with van der Waals surface area (Å²) in [5.74, 6) is -2.65. The van der Waals surface area contributed by atoms with E-state index in [0.29, 0.717) is 0 Å². The number of piperidine rings is 1. The van der Waals surface area contributed by atoms with Crippen molar-refractivity contribution >= 4 is 41.0 Å². The van der Waals surface area contributed by atoms with Crippen molar-refractivity contribution in [1.82, 2.24) is 20.4 Å². The second-order valence-electron chi connectivity index (χ2n) is 11.7. The number of aromatic amines is 1. The summed E-state index contributed by atoms with van der Waals surface area (Å²) >= 11 is 0. The van der Waals surface area contributed by atoms with Crippen LogP contribution < -0.4 is 5.32 Å². The number of fused-ring (bicyclic) bond motifs is 1. The highest BCUT2D eigenvalue weighted by Crippen LogP contribution is 2.45. The van der Waals surface area contributed by atoms with Gasteiger partial charge in [0.2, 0.25) is 5.91 Å². The number of carbonyl (C=O) groups excluding carboxylic acids is 1. The highest BCUT2D eigenvalue weighted by atomic mass is 19.4. The third kappa shape index (κ3) is 7.54. The van der Waals surface area contributed by atoms with E-state index in [9.17, 15) is 18.0 Å². The van der Waals surface area contributed by atoms with Gasteiger partial charge in [0, 0.05) is 29.5 Å². The van der Waals surface area contributed by atoms with Crippen LogP contribution in [0.25, 0.3) is 29.1 Å². The molecule has 10 heteroatoms. The molecule has 0 unspecified atom stereocenters. The number of nitrogens with one attached hydrogen (secondary N) is 2. The second kappa shape index (κ2) is 13.2. The molecule has 1 saturated carbocycles. The summed E-state index contributed by atoms with van der Waals surface area (Å²) < 4.78 is 31.7. The summed E-state index contributed by atoms with van der Waals surface area (Å²) in [5.41, 5.74) is 6.54. The summed E-state index contributed by atoms with van der Waals surface area (Å²) in [5, 5.41) is 19.1. The molecule has 2 aromatic carbocycles. The van der Waals surface area contributed by atoms with Gasteiger partial charge in [-0.2, -0.15) is 18.3 Å². The Hall–Kier alpha value is -3.92. The molecule has 1 aliphatic carbocycles. The molecule has 6 rings (SSSR count). The zero-order chi connectivity index (χ0) is 30.5. The Balaban J connectivity index is 0.000000472. The van der Waals surface area contributed by atoms with Crippen LogP contribution in [-0.4, -0.2) is 57.9 Å². The van der Waals surface area contributed by atoms with Gasteiger partial charge < -0.3 is 10.4 Å². The van der Waals surface area contributed by atoms with Gasteiger partial charge in [0.1, 0.15) is 0 Å². The number of likely N-dealkylation sites (tertiary alicyclic amines) is 1. The normalized spacial score (nSPS) is 20.0. The van der Waals surface area contributed by atoms with Gasteiger partial charge in [-0.3, -0.25) is 14.8 Å². The minimum absolute atomic E-state index is 0.0233. The molecule has 1 amide bonds. The molecule has 1 aromatic heterocycles. The van der Waals surface area contributed by atoms with Crippen LogP contribution in [0.2, 0.25) is 0 Å². The van der Waals surface area contributed by atoms with Crippen LogP contribution >= 0.6 is 0 Å². The molecule has 7 nitrogen and oxygen atoms in total. The first-order valence-corrected chi connectivity index (χ1v) is 14.9. The Labute approximate surface area is 248 Å². The molecule has 0 radical (unpaired) electrons. The zero-order valence-electron chi connectivity index (χ0n) is 24.1. The molecule has 228 valence electrons. The van der Waals surface area contributed by atoms with Crippen molar-refractivity contribution in [2.75, 3.05) is 19.6 Å². The predicted octanol–water partition coefficient (Wildman–Crippen LogP) is 6.82. The van der Waals surface area contributed by atoms with Gasteiger partial charge in [-0.1, -0.05) is 62.1 Å². The number of alkyl halides is 3. The third-order valence-corrected chi connectivity index (χ3v) is 8.65. The average Bonchev–Trinajstić information content (AvgIpc) is 3.53. The van der Waals surface area contributed by atoms with Crippen LogP contribution in [0.4, 0.5) is 13.2 Å². The van der Waals surface area contributed by atoms with Gasteiger partial charge in [-0.25, -0.2) is 4.79 Å². The highest BCUT2D eigenvalue weighted by molar-refractivity contribution is 6.02. The summed E-state index contributed by atoms with van der Waals surface area (Å²) in [7, 11) is 0. The van der Waals surface area contributed by atoms with Crippen LogP contribution in [0.15, 0.2) is 48.0 Å². The van der Waals surface area contributed by atoms with E-state index in [1.807, 2.05) is 0 Å². The van der Waals surface area contributed by atoms with E-state index in [1.54, 1.807) is 0 Å². The fourth-order valence-corrected chi connectivity index (χ4v) is 6.30. The Bertz CT molecular complexity index is 1500. The van der Waals surface area contributed by atoms with Crippen molar-refractivity contribution < 1.29 is 27.9 Å². The summed E-state index contributed by atoms with van der Waals surface area (Å²) in [6.07, 6.45) is 11.2. The van der Waals surface area contributed by atoms with Gasteiger partial charge in [0.25, 0.3) is 0 Å². The van der Waals surface area contributed by atoms with Crippen LogP contribution in [0.3, 0.4) is 0 Å². The van der Waals surface area contributed by atoms with Crippen molar-refractivity contribution in [3.63, 3.8) is 0 Å². The number of rotatable bonds is 5. The molecule has 2 saturated heterocycles. The molecule has 0 atom stereocenters. The lowest BCUT2D eigenvalue weighted by atomic mass is 9.70. The van der Waals surface area contributed by atoms with Gasteiger partial charge in [-0.15, -0.1) is 0 Å². The molecule has 3 aromatic rings. The molecular weight excluding hydrogens is 557 g/mol. The van der Waals surface area contributed by atoms with Gasteiger partial charge >= 0.3 is 12.1 Å². The maximum Gasteiger partial charge on any atom is 0.490 e. The maximum absolute atomic E-state index is 12.6. The van der Waals surface area contributed by atoms with Gasteiger partial charge in [-0.05, 0) is 79.7 Å². The number of hydrogen-bond acceptors (Lipinski definition) is 4. The maximum atomic E-state index is 12.6. The van der Waals surface area contributed by atoms with Crippen molar-refractivity contribution in [1.29, 1.82) is 0 Å². The Kier molecular flexibility index (Phi) is 9.34. The van der Waals surface area contributed by atoms with Crippen LogP contribution in [0.5, 0.6) is 0 Å². The lowest BCUT2D eigenvalue weighted by molar-refractivity contribution is -0.192. The van der Waals surface area contributed by atoms with Crippen LogP contribution in [-0.2, 0) is 16.1 Å². The third-order valence-electron chi connectivity index (χ3n) is 8.65. The standard InChI is InChI=1S/C31H36N4O.C2HF3O2/c36-30-27(31(22-32-30)15-3-1-4-16-31)19-25-11-13-26-28(33-34-29(26)20-25)14-12-23-7-9-24(10-8-23)21-35-17-5-2-6-18-35;3-2(4,5)1(6)7/h7-14,19-20H,1-6,15-18,21-22H2,(H,32,36)(H,33,34);(H,6,7)/b14-12+,27-19?;. The Morgan fingerprint density at radius 2 is 1.60 bits per heavy atom. The number of aromatic nitrogens is 2. The number of halogens is 3. The minimum atomic E-state index is -5.08. The number of H-pyrrole nitrogens is 1. The molecule has 3 fully saturated rings. The topological polar surface area (TPSA) is 98.3 Å². The lowest BCUT2D eigenvalue weighted by Crippen LogP contribution is -2.28. The first-order chi connectivity index (χ1) is 20.6. The summed E-state index contributed by atoms with van der Waals surface area (Å²) in [6.45, 7) is 4.29. The van der Waals surface area contributed by atoms with Gasteiger partial charge in [0.05, 0.1) is 11.2 Å². The molecular formula is C33H37F3N4O3. The number of carboxylic acids is 1. The molecule has 3 N–H and O–H groups in total. The lowest BCUT2D eigenvalue weighted by Gasteiger charge is -2.32. The van der Waals surface area contributed by atoms with E-state index in [4.69, 9.17) is 9.90 Å². The van der Waals surface area contributed by atoms with Crippen LogP contribution in [0, 0.1) is 5.41 Å². The first-order valence-electron chi connectivity index (χ1n) is 14.9. The second-order valence-corrected chi connectivity index (χ2v) is 11.7. The van der Waals surface area contributed by atoms with E-state index < -0.39 is 12.1 Å². The Morgan fingerprint density at radius 3 is 2.28 bits per heavy atom. The SMILES string of the molecule is O=C(O)C(F)(F)F.O=C1NCC2(CCCCC2)C1=Cc1ccc2c(/C=C/c3ccc(CN4CCCCC4)cc3)n[nH]c2c1. The number of benzene rings is 2. The molecule has 1 spiro atoms. The quantitative estimate of drug-likeness (QED) is 0.282. The largest absolute Gasteiger partial charge is 0.490 e. The van der Waals surface area contributed by atoms with E-state index in [-0.39, 0.29) is 11.3 Å². The molecule has 0 bridgehead atoms. The zero-order valence-corrected chi connectivity index (χ0v) is 24.1. The molecule has 3 aliphatic rings. The molecule has 43 heavy (non-hydrogen) atoms. The number of aliphatic carboxylic acids is 1. The van der Waals surface area contributed by atoms with E-state index in [2.05, 4.69) is 81.1 Å². The fourth-order valence-electron chi connectivity index (χ4n) is 6.30. The number of hydrogen-bond donors (Lipinski definition) is 3. The minimum Gasteiger partial charge on any atom is -0.475 e. The predicted molar refractivity (Wildman–Crippen MR) is 161 cm³/mol. The summed E-state index contributed by atoms with van der Waals surface area (Å²) in [4.78, 5) is 24.1. The molecule has 2 aliphatic heterocycles. The summed E-state index contributed by atoms with van der Waals surface area (Å²) in [6, 6.07) is 15.2. The van der Waals surface area contributed by atoms with Crippen molar-refractivity contribution in [3.05, 3.63) is 70.4 Å². The first kappa shape index (κ1) is 30.5. The average molecular weight is 595 g/mol. The van der Waals surface area contributed by atoms with Crippen LogP contribution in [0.1, 0.15) is 73.8 Å². The monoisotopic (exact) mass is 594 g/mol. The smallest absolute Gasteiger partial charge is 0.475 e. The Morgan fingerprint density at radius 1 is 0.953 bits per heavy atom. The number of carbonyl (C=O) groups is 2. The van der Waals surface area contributed by atoms with E-state index in [0.717, 1.165) is 53.7 Å². The number of nitrogens with zero attached hydrogens (tertiary/aromatic N) is 2. The highest BCUT2D eigenvalue weighted by Gasteiger charge is 2.43. The van der Waals surface area contributed by atoms with Crippen molar-refractivity contribution in [3.8, 4) is 0 Å². The fraction of sp³-hybridized carbons (Fsp3) is 0.424. The van der Waals surface area contributed by atoms with Gasteiger partial charge in [0.15, 0.2) is 0 Å². The van der Waals surface area contributed by atoms with Crippen molar-refractivity contribution in [2.24, 2.45) is 5.41 Å². The number of carboxylic acid groups (broad SMARTS) is 1. The van der Waals surface area contributed by atoms with E-state index in [1.165, 1.54) is 62.7 Å². The van der Waals surface area contributed by atoms with Crippen molar-refractivity contribution in [2.45, 2.75) is 64.1 Å².